The highest BCUT2D eigenvalue weighted by atomic mass is 35.5. The molecule has 6 N–H and O–H groups in total. The molecule has 280 valence electrons. The molecule has 2 aliphatic heterocycles. The van der Waals surface area contributed by atoms with Crippen LogP contribution in [0.15, 0.2) is 84.9 Å². The van der Waals surface area contributed by atoms with E-state index < -0.39 is 0 Å². The first-order valence-corrected chi connectivity index (χ1v) is 19.5. The lowest BCUT2D eigenvalue weighted by Gasteiger charge is -2.14. The molecule has 0 saturated carbocycles. The summed E-state index contributed by atoms with van der Waals surface area (Å²) in [7, 11) is 0. The van der Waals surface area contributed by atoms with Crippen molar-refractivity contribution >= 4 is 110 Å². The molecule has 2 fully saturated rings. The lowest BCUT2D eigenvalue weighted by Crippen LogP contribution is -2.19. The summed E-state index contributed by atoms with van der Waals surface area (Å²) in [5, 5.41) is 15.8. The molecule has 0 amide bonds. The molecule has 2 atom stereocenters. The van der Waals surface area contributed by atoms with E-state index in [1.165, 1.54) is 24.3 Å². The zero-order valence-corrected chi connectivity index (χ0v) is 31.3. The molecule has 1 unspecified atom stereocenters. The van der Waals surface area contributed by atoms with Crippen LogP contribution >= 0.6 is 23.2 Å². The van der Waals surface area contributed by atoms with Crippen molar-refractivity contribution in [3.8, 4) is 11.5 Å². The average Bonchev–Trinajstić information content (AvgIpc) is 4.06. The molecule has 56 heavy (non-hydrogen) atoms. The molecule has 10 aromatic rings. The molecule has 0 radical (unpaired) electrons. The van der Waals surface area contributed by atoms with E-state index in [0.29, 0.717) is 5.75 Å². The Kier molecular flexibility index (Phi) is 7.86. The lowest BCUT2D eigenvalue weighted by molar-refractivity contribution is 0.228. The SMILES string of the molecule is Clc1ccc2[nH]c3c(OC4CCNC4)c4[nH]c5ccc(Cl)cc5c4cc3c2c1.Fc1ccc2[nH]c3c(O[C@H]4CCNC4)c4[nH]c5ccc(F)cc5c4cc3c2c1. The van der Waals surface area contributed by atoms with Gasteiger partial charge in [-0.1, -0.05) is 23.2 Å². The largest absolute Gasteiger partial charge is 0.485 e. The molecular weight excluding hydrogens is 753 g/mol. The molecule has 0 bridgehead atoms. The number of hydrogen-bond donors (Lipinski definition) is 6. The van der Waals surface area contributed by atoms with Crippen molar-refractivity contribution in [3.05, 3.63) is 107 Å². The Hall–Kier alpha value is -5.52. The van der Waals surface area contributed by atoms with Gasteiger partial charge in [0.1, 0.15) is 23.8 Å². The molecule has 12 rings (SSSR count). The highest BCUT2D eigenvalue weighted by molar-refractivity contribution is 6.33. The summed E-state index contributed by atoms with van der Waals surface area (Å²) < 4.78 is 40.8. The van der Waals surface area contributed by atoms with Crippen molar-refractivity contribution in [3.63, 3.8) is 0 Å². The number of fused-ring (bicyclic) bond motifs is 12. The van der Waals surface area contributed by atoms with Crippen LogP contribution in [0.3, 0.4) is 0 Å². The van der Waals surface area contributed by atoms with Crippen molar-refractivity contribution in [2.75, 3.05) is 26.2 Å². The maximum atomic E-state index is 13.9. The number of benzene rings is 6. The number of halogens is 4. The zero-order valence-electron chi connectivity index (χ0n) is 29.8. The summed E-state index contributed by atoms with van der Waals surface area (Å²) in [6.07, 6.45) is 2.12. The van der Waals surface area contributed by atoms with Gasteiger partial charge in [0.15, 0.2) is 11.5 Å². The number of H-pyrrole nitrogens is 4. The van der Waals surface area contributed by atoms with Crippen LogP contribution < -0.4 is 20.1 Å². The van der Waals surface area contributed by atoms with Crippen molar-refractivity contribution in [2.45, 2.75) is 25.0 Å². The third-order valence-electron chi connectivity index (χ3n) is 11.3. The minimum atomic E-state index is -0.291. The van der Waals surface area contributed by atoms with Crippen LogP contribution in [0, 0.1) is 11.6 Å². The molecular formula is C44H34Cl2F2N6O2. The van der Waals surface area contributed by atoms with Crippen LogP contribution in [0.4, 0.5) is 8.78 Å². The van der Waals surface area contributed by atoms with Gasteiger partial charge in [-0.05, 0) is 111 Å². The molecule has 6 heterocycles. The van der Waals surface area contributed by atoms with Crippen LogP contribution in [-0.4, -0.2) is 58.3 Å². The van der Waals surface area contributed by atoms with Gasteiger partial charge in [0.25, 0.3) is 0 Å². The Morgan fingerprint density at radius 1 is 0.446 bits per heavy atom. The second kappa shape index (κ2) is 13.0. The van der Waals surface area contributed by atoms with Crippen LogP contribution in [0.25, 0.3) is 87.2 Å². The molecule has 12 heteroatoms. The first-order chi connectivity index (χ1) is 27.3. The van der Waals surface area contributed by atoms with E-state index in [0.717, 1.165) is 142 Å². The summed E-state index contributed by atoms with van der Waals surface area (Å²) in [5.41, 5.74) is 7.41. The smallest absolute Gasteiger partial charge is 0.167 e. The predicted molar refractivity (Wildman–Crippen MR) is 224 cm³/mol. The Morgan fingerprint density at radius 2 is 0.804 bits per heavy atom. The quantitative estimate of drug-likeness (QED) is 0.107. The van der Waals surface area contributed by atoms with Gasteiger partial charge in [0.05, 0.1) is 22.1 Å². The molecule has 4 aromatic heterocycles. The summed E-state index contributed by atoms with van der Waals surface area (Å²) in [6, 6.07) is 25.4. The number of nitrogens with one attached hydrogen (secondary N) is 6. The van der Waals surface area contributed by atoms with Gasteiger partial charge in [-0.2, -0.15) is 0 Å². The van der Waals surface area contributed by atoms with Gasteiger partial charge in [-0.3, -0.25) is 0 Å². The van der Waals surface area contributed by atoms with Gasteiger partial charge in [0, 0.05) is 88.3 Å². The summed E-state index contributed by atoms with van der Waals surface area (Å²) in [4.78, 5) is 13.9. The van der Waals surface area contributed by atoms with E-state index in [2.05, 4.69) is 36.6 Å². The van der Waals surface area contributed by atoms with E-state index in [-0.39, 0.29) is 23.8 Å². The molecule has 0 spiro atoms. The van der Waals surface area contributed by atoms with Crippen LogP contribution in [-0.2, 0) is 0 Å². The van der Waals surface area contributed by atoms with Crippen molar-refractivity contribution in [1.29, 1.82) is 0 Å². The average molecular weight is 788 g/mol. The Morgan fingerprint density at radius 3 is 1.16 bits per heavy atom. The Labute approximate surface area is 327 Å². The molecule has 2 aliphatic rings. The molecule has 8 nitrogen and oxygen atoms in total. The van der Waals surface area contributed by atoms with Gasteiger partial charge >= 0.3 is 0 Å². The maximum absolute atomic E-state index is 13.9. The third-order valence-corrected chi connectivity index (χ3v) is 11.8. The van der Waals surface area contributed by atoms with E-state index in [1.54, 1.807) is 12.1 Å². The molecule has 6 aromatic carbocycles. The van der Waals surface area contributed by atoms with E-state index in [1.807, 2.05) is 42.5 Å². The minimum absolute atomic E-state index is 0.0556. The monoisotopic (exact) mass is 786 g/mol. The van der Waals surface area contributed by atoms with E-state index >= 15 is 0 Å². The zero-order chi connectivity index (χ0) is 37.7. The van der Waals surface area contributed by atoms with Crippen molar-refractivity contribution in [2.24, 2.45) is 0 Å². The summed E-state index contributed by atoms with van der Waals surface area (Å²) in [6.45, 7) is 3.53. The maximum Gasteiger partial charge on any atom is 0.167 e. The van der Waals surface area contributed by atoms with E-state index in [4.69, 9.17) is 32.7 Å². The predicted octanol–water partition coefficient (Wildman–Crippen LogP) is 11.0. The van der Waals surface area contributed by atoms with Gasteiger partial charge in [0.2, 0.25) is 0 Å². The van der Waals surface area contributed by atoms with Crippen LogP contribution in [0.5, 0.6) is 11.5 Å². The summed E-state index contributed by atoms with van der Waals surface area (Å²) in [5.74, 6) is 0.983. The van der Waals surface area contributed by atoms with Crippen molar-refractivity contribution < 1.29 is 18.3 Å². The molecule has 2 saturated heterocycles. The lowest BCUT2D eigenvalue weighted by atomic mass is 10.1. The second-order valence-corrected chi connectivity index (χ2v) is 15.7. The first-order valence-electron chi connectivity index (χ1n) is 18.8. The van der Waals surface area contributed by atoms with Gasteiger partial charge < -0.3 is 40.0 Å². The fourth-order valence-corrected chi connectivity index (χ4v) is 8.97. The Balaban J connectivity index is 0.000000130. The van der Waals surface area contributed by atoms with Gasteiger partial charge in [-0.25, -0.2) is 8.78 Å². The number of hydrogen-bond acceptors (Lipinski definition) is 4. The normalized spacial score (nSPS) is 17.4. The second-order valence-electron chi connectivity index (χ2n) is 14.8. The standard InChI is InChI=1S/C22H17Cl2N3O.C22H17F2N3O/c2*23-11-1-3-18-14(7-11)16-9-17-15-8-12(24)2-4-19(15)27-21(17)22(20(16)26-18)28-13-5-6-25-10-13/h2*1-4,7-9,13,25-27H,5-6,10H2/t;13-/m.0/s1. The van der Waals surface area contributed by atoms with Crippen molar-refractivity contribution in [1.82, 2.24) is 30.6 Å². The number of aromatic nitrogens is 4. The Bertz CT molecular complexity index is 2790. The minimum Gasteiger partial charge on any atom is -0.485 e. The third kappa shape index (κ3) is 5.54. The molecule has 0 aliphatic carbocycles. The topological polar surface area (TPSA) is 106 Å². The first kappa shape index (κ1) is 33.8. The number of rotatable bonds is 4. The number of ether oxygens (including phenoxy) is 2. The van der Waals surface area contributed by atoms with Crippen LogP contribution in [0.1, 0.15) is 12.8 Å². The highest BCUT2D eigenvalue weighted by Crippen LogP contribution is 2.44. The fourth-order valence-electron chi connectivity index (χ4n) is 8.62. The fraction of sp³-hybridized carbons (Fsp3) is 0.182. The van der Waals surface area contributed by atoms with Crippen LogP contribution in [0.2, 0.25) is 10.0 Å². The van der Waals surface area contributed by atoms with E-state index in [9.17, 15) is 8.78 Å². The highest BCUT2D eigenvalue weighted by Gasteiger charge is 2.24. The number of aromatic amines is 4. The van der Waals surface area contributed by atoms with Gasteiger partial charge in [-0.15, -0.1) is 0 Å². The summed E-state index contributed by atoms with van der Waals surface area (Å²) >= 11 is 12.6.